The highest BCUT2D eigenvalue weighted by atomic mass is 19.1. The molecule has 0 aliphatic heterocycles. The topological polar surface area (TPSA) is 59.8 Å². The van der Waals surface area contributed by atoms with E-state index in [-0.39, 0.29) is 11.6 Å². The van der Waals surface area contributed by atoms with E-state index < -0.39 is 11.6 Å². The van der Waals surface area contributed by atoms with Crippen LogP contribution in [0.4, 0.5) is 8.78 Å². The summed E-state index contributed by atoms with van der Waals surface area (Å²) in [5, 5.41) is 6.95. The predicted molar refractivity (Wildman–Crippen MR) is 104 cm³/mol. The van der Waals surface area contributed by atoms with Gasteiger partial charge in [-0.1, -0.05) is 30.3 Å². The zero-order chi connectivity index (χ0) is 20.2. The number of hydrogen-bond donors (Lipinski definition) is 1. The van der Waals surface area contributed by atoms with Gasteiger partial charge in [-0.2, -0.15) is 5.10 Å². The third-order valence-electron chi connectivity index (χ3n) is 4.36. The number of pyridine rings is 1. The first-order valence-electron chi connectivity index (χ1n) is 8.89. The van der Waals surface area contributed by atoms with Crippen LogP contribution in [0.5, 0.6) is 0 Å². The molecule has 0 fully saturated rings. The molecule has 2 aromatic carbocycles. The maximum atomic E-state index is 13.9. The van der Waals surface area contributed by atoms with Crippen molar-refractivity contribution in [1.29, 1.82) is 0 Å². The van der Waals surface area contributed by atoms with E-state index in [4.69, 9.17) is 0 Å². The first-order valence-corrected chi connectivity index (χ1v) is 8.89. The highest BCUT2D eigenvalue weighted by molar-refractivity contribution is 5.94. The molecule has 0 saturated heterocycles. The number of nitrogens with one attached hydrogen (secondary N) is 1. The van der Waals surface area contributed by atoms with Crippen molar-refractivity contribution < 1.29 is 13.6 Å². The Hall–Kier alpha value is -3.87. The van der Waals surface area contributed by atoms with Gasteiger partial charge in [0, 0.05) is 30.6 Å². The van der Waals surface area contributed by atoms with E-state index in [1.54, 1.807) is 18.3 Å². The molecule has 7 heteroatoms. The third-order valence-corrected chi connectivity index (χ3v) is 4.36. The molecule has 0 bridgehead atoms. The number of amides is 1. The van der Waals surface area contributed by atoms with Crippen LogP contribution in [0.15, 0.2) is 79.3 Å². The van der Waals surface area contributed by atoms with E-state index in [0.29, 0.717) is 23.4 Å². The Morgan fingerprint density at radius 3 is 2.55 bits per heavy atom. The van der Waals surface area contributed by atoms with Crippen LogP contribution >= 0.6 is 0 Å². The molecule has 2 heterocycles. The molecule has 144 valence electrons. The molecule has 5 nitrogen and oxygen atoms in total. The van der Waals surface area contributed by atoms with Crippen molar-refractivity contribution >= 4 is 5.91 Å². The van der Waals surface area contributed by atoms with Gasteiger partial charge in [-0.15, -0.1) is 0 Å². The Morgan fingerprint density at radius 2 is 1.83 bits per heavy atom. The average molecular weight is 390 g/mol. The Bertz CT molecular complexity index is 1140. The van der Waals surface area contributed by atoms with Crippen LogP contribution in [0.25, 0.3) is 16.9 Å². The van der Waals surface area contributed by atoms with E-state index in [0.717, 1.165) is 11.6 Å². The largest absolute Gasteiger partial charge is 0.348 e. The summed E-state index contributed by atoms with van der Waals surface area (Å²) in [5.74, 6) is -1.59. The van der Waals surface area contributed by atoms with Crippen LogP contribution in [0.2, 0.25) is 0 Å². The molecule has 0 atom stereocenters. The number of benzene rings is 2. The quantitative estimate of drug-likeness (QED) is 0.557. The Balaban J connectivity index is 1.47. The molecule has 1 amide bonds. The number of nitrogens with zero attached hydrogens (tertiary/aromatic N) is 3. The van der Waals surface area contributed by atoms with E-state index in [9.17, 15) is 13.6 Å². The van der Waals surface area contributed by atoms with Crippen LogP contribution < -0.4 is 5.32 Å². The Morgan fingerprint density at radius 1 is 1.00 bits per heavy atom. The first kappa shape index (κ1) is 18.5. The lowest BCUT2D eigenvalue weighted by atomic mass is 10.2. The van der Waals surface area contributed by atoms with Crippen molar-refractivity contribution in [3.05, 3.63) is 102 Å². The summed E-state index contributed by atoms with van der Waals surface area (Å²) in [5.41, 5.74) is 2.80. The minimum absolute atomic E-state index is 0.134. The minimum atomic E-state index is -0.710. The zero-order valence-corrected chi connectivity index (χ0v) is 15.2. The molecule has 4 rings (SSSR count). The van der Waals surface area contributed by atoms with Gasteiger partial charge in [0.05, 0.1) is 17.5 Å². The maximum absolute atomic E-state index is 13.9. The minimum Gasteiger partial charge on any atom is -0.348 e. The Kier molecular flexibility index (Phi) is 5.11. The first-order chi connectivity index (χ1) is 14.1. The van der Waals surface area contributed by atoms with Crippen LogP contribution in [0, 0.1) is 11.6 Å². The van der Waals surface area contributed by atoms with Gasteiger partial charge in [0.15, 0.2) is 5.82 Å². The van der Waals surface area contributed by atoms with E-state index in [2.05, 4.69) is 15.4 Å². The second kappa shape index (κ2) is 8.02. The van der Waals surface area contributed by atoms with Crippen molar-refractivity contribution in [2.24, 2.45) is 0 Å². The normalized spacial score (nSPS) is 10.7. The van der Waals surface area contributed by atoms with E-state index in [1.807, 2.05) is 30.3 Å². The van der Waals surface area contributed by atoms with Crippen LogP contribution in [0.1, 0.15) is 15.9 Å². The van der Waals surface area contributed by atoms with Gasteiger partial charge in [0.2, 0.25) is 0 Å². The molecule has 29 heavy (non-hydrogen) atoms. The smallest absolute Gasteiger partial charge is 0.253 e. The summed E-state index contributed by atoms with van der Waals surface area (Å²) in [4.78, 5) is 16.6. The molecular weight excluding hydrogens is 374 g/mol. The van der Waals surface area contributed by atoms with Gasteiger partial charge in [0.1, 0.15) is 11.5 Å². The second-order valence-corrected chi connectivity index (χ2v) is 6.37. The summed E-state index contributed by atoms with van der Waals surface area (Å²) in [6.45, 7) is 0.428. The van der Waals surface area contributed by atoms with Gasteiger partial charge in [-0.3, -0.25) is 9.78 Å². The molecule has 0 aliphatic carbocycles. The van der Waals surface area contributed by atoms with Gasteiger partial charge < -0.3 is 5.32 Å². The molecule has 0 unspecified atom stereocenters. The molecule has 0 saturated carbocycles. The van der Waals surface area contributed by atoms with Gasteiger partial charge >= 0.3 is 0 Å². The number of carbonyl (C=O) groups excluding carboxylic acids is 1. The molecular formula is C22H16F2N4O. The standard InChI is InChI=1S/C22H16F2N4O/c23-18-7-9-21(19(24)10-18)28-14-17(13-27-28)20-8-6-16(12-25-20)22(29)26-11-15-4-2-1-3-5-15/h1-10,12-14H,11H2,(H,26,29). The fourth-order valence-electron chi connectivity index (χ4n) is 2.83. The monoisotopic (exact) mass is 390 g/mol. The maximum Gasteiger partial charge on any atom is 0.253 e. The molecule has 4 aromatic rings. The summed E-state index contributed by atoms with van der Waals surface area (Å²) in [7, 11) is 0. The average Bonchev–Trinajstić information content (AvgIpc) is 3.23. The number of rotatable bonds is 5. The molecule has 0 radical (unpaired) electrons. The lowest BCUT2D eigenvalue weighted by Crippen LogP contribution is -2.22. The van der Waals surface area contributed by atoms with Crippen molar-refractivity contribution in [2.75, 3.05) is 0 Å². The van der Waals surface area contributed by atoms with Crippen molar-refractivity contribution in [1.82, 2.24) is 20.1 Å². The highest BCUT2D eigenvalue weighted by Gasteiger charge is 2.11. The van der Waals surface area contributed by atoms with Crippen LogP contribution in [0.3, 0.4) is 0 Å². The highest BCUT2D eigenvalue weighted by Crippen LogP contribution is 2.20. The van der Waals surface area contributed by atoms with Gasteiger partial charge in [-0.05, 0) is 29.8 Å². The summed E-state index contributed by atoms with van der Waals surface area (Å²) >= 11 is 0. The molecule has 1 N–H and O–H groups in total. The van der Waals surface area contributed by atoms with Gasteiger partial charge in [-0.25, -0.2) is 13.5 Å². The molecule has 0 spiro atoms. The van der Waals surface area contributed by atoms with Crippen molar-refractivity contribution in [3.8, 4) is 16.9 Å². The number of hydrogen-bond acceptors (Lipinski definition) is 3. The van der Waals surface area contributed by atoms with Crippen LogP contribution in [-0.2, 0) is 6.54 Å². The molecule has 2 aromatic heterocycles. The lowest BCUT2D eigenvalue weighted by molar-refractivity contribution is 0.0950. The van der Waals surface area contributed by atoms with Gasteiger partial charge in [0.25, 0.3) is 5.91 Å². The third kappa shape index (κ3) is 4.19. The number of halogens is 2. The fourth-order valence-corrected chi connectivity index (χ4v) is 2.83. The van der Waals surface area contributed by atoms with Crippen molar-refractivity contribution in [3.63, 3.8) is 0 Å². The van der Waals surface area contributed by atoms with E-state index >= 15 is 0 Å². The fraction of sp³-hybridized carbons (Fsp3) is 0.0455. The number of carbonyl (C=O) groups is 1. The predicted octanol–water partition coefficient (Wildman–Crippen LogP) is 4.14. The van der Waals surface area contributed by atoms with E-state index in [1.165, 1.54) is 29.2 Å². The summed E-state index contributed by atoms with van der Waals surface area (Å²) in [6.07, 6.45) is 4.60. The second-order valence-electron chi connectivity index (χ2n) is 6.37. The lowest BCUT2D eigenvalue weighted by Gasteiger charge is -2.06. The Labute approximate surface area is 165 Å². The van der Waals surface area contributed by atoms with Crippen LogP contribution in [-0.4, -0.2) is 20.7 Å². The number of aromatic nitrogens is 3. The summed E-state index contributed by atoms with van der Waals surface area (Å²) < 4.78 is 28.3. The summed E-state index contributed by atoms with van der Waals surface area (Å²) in [6, 6.07) is 16.3. The van der Waals surface area contributed by atoms with Crippen molar-refractivity contribution in [2.45, 2.75) is 6.54 Å². The molecule has 0 aliphatic rings. The SMILES string of the molecule is O=C(NCc1ccccc1)c1ccc(-c2cnn(-c3ccc(F)cc3F)c2)nc1. The zero-order valence-electron chi connectivity index (χ0n) is 15.2.